The van der Waals surface area contributed by atoms with E-state index in [1.54, 1.807) is 19.9 Å². The van der Waals surface area contributed by atoms with Crippen LogP contribution in [-0.4, -0.2) is 20.9 Å². The van der Waals surface area contributed by atoms with Crippen LogP contribution in [0.15, 0.2) is 28.7 Å². The molecule has 0 unspecified atom stereocenters. The molecular formula is C14H12BrFN2O2. The molecule has 0 atom stereocenters. The van der Waals surface area contributed by atoms with Crippen LogP contribution in [-0.2, 0) is 4.79 Å². The highest BCUT2D eigenvalue weighted by atomic mass is 79.9. The van der Waals surface area contributed by atoms with Crippen LogP contribution in [0.4, 0.5) is 4.39 Å². The zero-order chi connectivity index (χ0) is 14.9. The second-order valence-corrected chi connectivity index (χ2v) is 5.04. The Morgan fingerprint density at radius 2 is 2.15 bits per heavy atom. The van der Waals surface area contributed by atoms with E-state index in [2.05, 4.69) is 21.0 Å². The van der Waals surface area contributed by atoms with Crippen molar-refractivity contribution in [3.63, 3.8) is 0 Å². The number of aliphatic carboxylic acids is 1. The molecule has 4 nitrogen and oxygen atoms in total. The van der Waals surface area contributed by atoms with Gasteiger partial charge in [-0.05, 0) is 41.9 Å². The van der Waals surface area contributed by atoms with Crippen LogP contribution >= 0.6 is 15.9 Å². The van der Waals surface area contributed by atoms with Gasteiger partial charge in [-0.1, -0.05) is 12.1 Å². The van der Waals surface area contributed by atoms with Gasteiger partial charge in [0, 0.05) is 11.6 Å². The fraction of sp³-hybridized carbons (Fsp3) is 0.143. The van der Waals surface area contributed by atoms with Crippen LogP contribution < -0.4 is 0 Å². The monoisotopic (exact) mass is 338 g/mol. The number of halogens is 2. The molecule has 0 saturated heterocycles. The first-order chi connectivity index (χ1) is 9.41. The number of aromatic nitrogens is 2. The number of aryl methyl sites for hydroxylation is 1. The van der Waals surface area contributed by atoms with Crippen molar-refractivity contribution in [2.24, 2.45) is 0 Å². The van der Waals surface area contributed by atoms with Crippen molar-refractivity contribution >= 4 is 28.0 Å². The average molecular weight is 339 g/mol. The van der Waals surface area contributed by atoms with Crippen LogP contribution in [0.5, 0.6) is 0 Å². The minimum Gasteiger partial charge on any atom is -0.478 e. The third-order valence-electron chi connectivity index (χ3n) is 2.84. The lowest BCUT2D eigenvalue weighted by Gasteiger charge is -2.09. The van der Waals surface area contributed by atoms with Crippen LogP contribution in [0.25, 0.3) is 11.8 Å². The Bertz CT molecular complexity index is 707. The van der Waals surface area contributed by atoms with E-state index in [0.29, 0.717) is 5.56 Å². The number of hydrogen-bond acceptors (Lipinski definition) is 2. The van der Waals surface area contributed by atoms with Gasteiger partial charge in [-0.3, -0.25) is 0 Å². The van der Waals surface area contributed by atoms with Gasteiger partial charge >= 0.3 is 5.97 Å². The lowest BCUT2D eigenvalue weighted by atomic mass is 10.1. The first-order valence-corrected chi connectivity index (χ1v) is 6.62. The van der Waals surface area contributed by atoms with Crippen LogP contribution in [0.3, 0.4) is 0 Å². The van der Waals surface area contributed by atoms with Gasteiger partial charge in [0.25, 0.3) is 0 Å². The fourth-order valence-electron chi connectivity index (χ4n) is 1.89. The van der Waals surface area contributed by atoms with Crippen molar-refractivity contribution < 1.29 is 14.3 Å². The summed E-state index contributed by atoms with van der Waals surface area (Å²) in [5.74, 6) is -1.55. The summed E-state index contributed by atoms with van der Waals surface area (Å²) in [6, 6.07) is 4.49. The summed E-state index contributed by atoms with van der Waals surface area (Å²) >= 11 is 3.39. The van der Waals surface area contributed by atoms with Gasteiger partial charge in [0.2, 0.25) is 0 Å². The van der Waals surface area contributed by atoms with Crippen LogP contribution in [0, 0.1) is 19.7 Å². The SMILES string of the molecule is Cc1nn(-c2c(F)cccc2/C=C/C(=O)O)c(C)c1Br. The predicted octanol–water partition coefficient (Wildman–Crippen LogP) is 3.49. The molecule has 6 heteroatoms. The van der Waals surface area contributed by atoms with E-state index in [1.807, 2.05) is 0 Å². The van der Waals surface area contributed by atoms with Crippen LogP contribution in [0.1, 0.15) is 17.0 Å². The van der Waals surface area contributed by atoms with Gasteiger partial charge < -0.3 is 5.11 Å². The third-order valence-corrected chi connectivity index (χ3v) is 3.99. The van der Waals surface area contributed by atoms with Gasteiger partial charge in [-0.15, -0.1) is 0 Å². The van der Waals surface area contributed by atoms with Crippen molar-refractivity contribution in [2.45, 2.75) is 13.8 Å². The zero-order valence-electron chi connectivity index (χ0n) is 10.9. The molecule has 20 heavy (non-hydrogen) atoms. The lowest BCUT2D eigenvalue weighted by molar-refractivity contribution is -0.131. The summed E-state index contributed by atoms with van der Waals surface area (Å²) in [6.07, 6.45) is 2.32. The molecule has 2 rings (SSSR count). The quantitative estimate of drug-likeness (QED) is 0.871. The Labute approximate surface area is 123 Å². The summed E-state index contributed by atoms with van der Waals surface area (Å²) in [5.41, 5.74) is 2.17. The molecule has 0 saturated carbocycles. The highest BCUT2D eigenvalue weighted by Crippen LogP contribution is 2.27. The summed E-state index contributed by atoms with van der Waals surface area (Å²) in [7, 11) is 0. The topological polar surface area (TPSA) is 55.1 Å². The highest BCUT2D eigenvalue weighted by molar-refractivity contribution is 9.10. The summed E-state index contributed by atoms with van der Waals surface area (Å²) in [6.45, 7) is 3.61. The number of para-hydroxylation sites is 1. The number of rotatable bonds is 3. The molecule has 0 spiro atoms. The maximum atomic E-state index is 14.1. The maximum Gasteiger partial charge on any atom is 0.328 e. The molecule has 1 heterocycles. The van der Waals surface area contributed by atoms with E-state index < -0.39 is 11.8 Å². The van der Waals surface area contributed by atoms with E-state index in [-0.39, 0.29) is 5.69 Å². The van der Waals surface area contributed by atoms with E-state index in [0.717, 1.165) is 21.9 Å². The summed E-state index contributed by atoms with van der Waals surface area (Å²) in [4.78, 5) is 10.6. The molecule has 0 radical (unpaired) electrons. The second-order valence-electron chi connectivity index (χ2n) is 4.25. The van der Waals surface area contributed by atoms with Crippen molar-refractivity contribution in [1.29, 1.82) is 0 Å². The molecule has 0 amide bonds. The van der Waals surface area contributed by atoms with Gasteiger partial charge in [0.15, 0.2) is 0 Å². The summed E-state index contributed by atoms with van der Waals surface area (Å²) in [5, 5.41) is 13.0. The van der Waals surface area contributed by atoms with Gasteiger partial charge in [-0.2, -0.15) is 5.10 Å². The number of carboxylic acid groups (broad SMARTS) is 1. The Kier molecular flexibility index (Phi) is 4.04. The Morgan fingerprint density at radius 1 is 1.45 bits per heavy atom. The standard InChI is InChI=1S/C14H12BrFN2O2/c1-8-13(15)9(2)18(17-8)14-10(6-7-12(19)20)4-3-5-11(14)16/h3-7H,1-2H3,(H,19,20)/b7-6+. The minimum absolute atomic E-state index is 0.233. The fourth-order valence-corrected chi connectivity index (χ4v) is 2.14. The largest absolute Gasteiger partial charge is 0.478 e. The molecule has 1 aromatic heterocycles. The Morgan fingerprint density at radius 3 is 2.70 bits per heavy atom. The molecule has 1 aromatic carbocycles. The van der Waals surface area contributed by atoms with E-state index in [4.69, 9.17) is 5.11 Å². The molecule has 0 aliphatic heterocycles. The summed E-state index contributed by atoms with van der Waals surface area (Å²) < 4.78 is 16.4. The average Bonchev–Trinajstić information content (AvgIpc) is 2.64. The van der Waals surface area contributed by atoms with E-state index in [9.17, 15) is 9.18 Å². The molecule has 0 aliphatic rings. The second kappa shape index (κ2) is 5.58. The van der Waals surface area contributed by atoms with Crippen molar-refractivity contribution in [1.82, 2.24) is 9.78 Å². The smallest absolute Gasteiger partial charge is 0.328 e. The first kappa shape index (κ1) is 14.5. The maximum absolute atomic E-state index is 14.1. The lowest BCUT2D eigenvalue weighted by Crippen LogP contribution is -2.05. The molecule has 0 bridgehead atoms. The van der Waals surface area contributed by atoms with Crippen molar-refractivity contribution in [3.8, 4) is 5.69 Å². The number of carboxylic acids is 1. The number of nitrogens with zero attached hydrogens (tertiary/aromatic N) is 2. The number of carbonyl (C=O) groups is 1. The van der Waals surface area contributed by atoms with Gasteiger partial charge in [-0.25, -0.2) is 13.9 Å². The number of hydrogen-bond donors (Lipinski definition) is 1. The molecule has 0 fully saturated rings. The van der Waals surface area contributed by atoms with Crippen molar-refractivity contribution in [3.05, 3.63) is 51.5 Å². The Hall–Kier alpha value is -1.95. The van der Waals surface area contributed by atoms with Crippen LogP contribution in [0.2, 0.25) is 0 Å². The van der Waals surface area contributed by atoms with Crippen molar-refractivity contribution in [2.75, 3.05) is 0 Å². The molecular weight excluding hydrogens is 327 g/mol. The normalized spacial score (nSPS) is 11.2. The molecule has 0 aliphatic carbocycles. The first-order valence-electron chi connectivity index (χ1n) is 5.83. The molecule has 1 N–H and O–H groups in total. The zero-order valence-corrected chi connectivity index (χ0v) is 12.5. The van der Waals surface area contributed by atoms with E-state index in [1.165, 1.54) is 22.9 Å². The van der Waals surface area contributed by atoms with Gasteiger partial charge in [0.05, 0.1) is 15.9 Å². The highest BCUT2D eigenvalue weighted by Gasteiger charge is 2.16. The Balaban J connectivity index is 2.66. The minimum atomic E-state index is -1.09. The number of benzene rings is 1. The van der Waals surface area contributed by atoms with Gasteiger partial charge in [0.1, 0.15) is 11.5 Å². The predicted molar refractivity (Wildman–Crippen MR) is 77.4 cm³/mol. The third kappa shape index (κ3) is 2.65. The van der Waals surface area contributed by atoms with E-state index >= 15 is 0 Å². The molecule has 104 valence electrons. The molecule has 2 aromatic rings.